The van der Waals surface area contributed by atoms with Gasteiger partial charge in [-0.15, -0.1) is 0 Å². The maximum Gasteiger partial charge on any atom is 0.123 e. The molecule has 1 aliphatic heterocycles. The van der Waals surface area contributed by atoms with Gasteiger partial charge in [-0.25, -0.2) is 4.39 Å². The molecule has 1 heterocycles. The molecule has 1 aromatic rings. The summed E-state index contributed by atoms with van der Waals surface area (Å²) in [6.45, 7) is 7.94. The summed E-state index contributed by atoms with van der Waals surface area (Å²) in [4.78, 5) is 0. The molecular formula is C19H26FO. The van der Waals surface area contributed by atoms with Gasteiger partial charge in [-0.1, -0.05) is 31.6 Å². The number of hydrogen-bond acceptors (Lipinski definition) is 1. The Labute approximate surface area is 128 Å². The summed E-state index contributed by atoms with van der Waals surface area (Å²) in [7, 11) is 0. The Morgan fingerprint density at radius 3 is 2.76 bits per heavy atom. The van der Waals surface area contributed by atoms with Crippen molar-refractivity contribution in [2.75, 3.05) is 13.2 Å². The van der Waals surface area contributed by atoms with Crippen LogP contribution >= 0.6 is 0 Å². The minimum atomic E-state index is -0.180. The van der Waals surface area contributed by atoms with Crippen LogP contribution in [0.1, 0.15) is 44.6 Å². The van der Waals surface area contributed by atoms with E-state index in [1.54, 1.807) is 12.1 Å². The van der Waals surface area contributed by atoms with Crippen LogP contribution in [0.15, 0.2) is 30.3 Å². The van der Waals surface area contributed by atoms with E-state index in [9.17, 15) is 4.39 Å². The minimum absolute atomic E-state index is 0.180. The van der Waals surface area contributed by atoms with E-state index < -0.39 is 0 Å². The molecule has 1 aliphatic rings. The van der Waals surface area contributed by atoms with Gasteiger partial charge in [-0.05, 0) is 67.7 Å². The molecule has 0 amide bonds. The zero-order valence-electron chi connectivity index (χ0n) is 13.0. The van der Waals surface area contributed by atoms with Gasteiger partial charge in [0.1, 0.15) is 5.82 Å². The van der Waals surface area contributed by atoms with E-state index in [4.69, 9.17) is 4.74 Å². The molecule has 1 fully saturated rings. The molecule has 0 aromatic heterocycles. The molecule has 2 rings (SSSR count). The summed E-state index contributed by atoms with van der Waals surface area (Å²) in [6, 6.07) is 6.88. The first kappa shape index (κ1) is 16.2. The zero-order valence-corrected chi connectivity index (χ0v) is 13.0. The SMILES string of the molecule is [CH2]CC=C(c1ccc(F)cc1)C(CCC)C1CCCOC1. The first-order valence-electron chi connectivity index (χ1n) is 8.09. The van der Waals surface area contributed by atoms with E-state index in [1.165, 1.54) is 12.0 Å². The molecule has 0 bridgehead atoms. The average molecular weight is 289 g/mol. The highest BCUT2D eigenvalue weighted by Gasteiger charge is 2.27. The van der Waals surface area contributed by atoms with Gasteiger partial charge in [-0.3, -0.25) is 0 Å². The van der Waals surface area contributed by atoms with Gasteiger partial charge in [0.05, 0.1) is 0 Å². The molecule has 115 valence electrons. The molecule has 21 heavy (non-hydrogen) atoms. The smallest absolute Gasteiger partial charge is 0.123 e. The van der Waals surface area contributed by atoms with Gasteiger partial charge in [0.15, 0.2) is 0 Å². The van der Waals surface area contributed by atoms with Crippen LogP contribution in [-0.2, 0) is 4.74 Å². The normalized spacial score (nSPS) is 21.3. The van der Waals surface area contributed by atoms with Gasteiger partial charge in [0.25, 0.3) is 0 Å². The second-order valence-electron chi connectivity index (χ2n) is 5.83. The first-order chi connectivity index (χ1) is 10.3. The van der Waals surface area contributed by atoms with Crippen LogP contribution in [0.2, 0.25) is 0 Å². The van der Waals surface area contributed by atoms with Crippen LogP contribution in [0.25, 0.3) is 5.57 Å². The Hall–Kier alpha value is -1.15. The lowest BCUT2D eigenvalue weighted by molar-refractivity contribution is 0.0391. The number of ether oxygens (including phenoxy) is 1. The Morgan fingerprint density at radius 1 is 1.43 bits per heavy atom. The highest BCUT2D eigenvalue weighted by Crippen LogP contribution is 2.37. The second-order valence-corrected chi connectivity index (χ2v) is 5.83. The number of hydrogen-bond donors (Lipinski definition) is 0. The van der Waals surface area contributed by atoms with E-state index in [0.717, 1.165) is 44.5 Å². The Balaban J connectivity index is 2.27. The Bertz CT molecular complexity index is 443. The third-order valence-electron chi connectivity index (χ3n) is 4.31. The van der Waals surface area contributed by atoms with Gasteiger partial charge in [0.2, 0.25) is 0 Å². The van der Waals surface area contributed by atoms with Crippen LogP contribution in [0.3, 0.4) is 0 Å². The lowest BCUT2D eigenvalue weighted by atomic mass is 9.77. The number of halogens is 1. The molecule has 2 atom stereocenters. The maximum atomic E-state index is 13.2. The van der Waals surface area contributed by atoms with E-state index in [1.807, 2.05) is 12.1 Å². The van der Waals surface area contributed by atoms with Crippen molar-refractivity contribution in [3.05, 3.63) is 48.6 Å². The first-order valence-corrected chi connectivity index (χ1v) is 8.09. The quantitative estimate of drug-likeness (QED) is 0.692. The molecular weight excluding hydrogens is 263 g/mol. The molecule has 1 aromatic carbocycles. The van der Waals surface area contributed by atoms with E-state index in [-0.39, 0.29) is 5.82 Å². The summed E-state index contributed by atoms with van der Waals surface area (Å²) in [5.74, 6) is 0.879. The Kier molecular flexibility index (Phi) is 6.44. The molecule has 2 unspecified atom stereocenters. The fourth-order valence-corrected chi connectivity index (χ4v) is 3.32. The number of rotatable bonds is 6. The molecule has 0 spiro atoms. The van der Waals surface area contributed by atoms with Crippen molar-refractivity contribution >= 4 is 5.57 Å². The van der Waals surface area contributed by atoms with E-state index in [0.29, 0.717) is 11.8 Å². The maximum absolute atomic E-state index is 13.2. The predicted molar refractivity (Wildman–Crippen MR) is 86.3 cm³/mol. The number of benzene rings is 1. The largest absolute Gasteiger partial charge is 0.381 e. The summed E-state index contributed by atoms with van der Waals surface area (Å²) < 4.78 is 18.9. The molecule has 2 heteroatoms. The van der Waals surface area contributed by atoms with Crippen molar-refractivity contribution in [2.24, 2.45) is 11.8 Å². The van der Waals surface area contributed by atoms with Gasteiger partial charge >= 0.3 is 0 Å². The highest BCUT2D eigenvalue weighted by molar-refractivity contribution is 5.67. The van der Waals surface area contributed by atoms with Crippen LogP contribution in [0.5, 0.6) is 0 Å². The van der Waals surface area contributed by atoms with Crippen LogP contribution in [0.4, 0.5) is 4.39 Å². The fourth-order valence-electron chi connectivity index (χ4n) is 3.32. The predicted octanol–water partition coefficient (Wildman–Crippen LogP) is 5.28. The fraction of sp³-hybridized carbons (Fsp3) is 0.526. The third-order valence-corrected chi connectivity index (χ3v) is 4.31. The van der Waals surface area contributed by atoms with Gasteiger partial charge in [-0.2, -0.15) is 0 Å². The van der Waals surface area contributed by atoms with Crippen molar-refractivity contribution in [1.29, 1.82) is 0 Å². The van der Waals surface area contributed by atoms with Crippen LogP contribution in [-0.4, -0.2) is 13.2 Å². The minimum Gasteiger partial charge on any atom is -0.381 e. The van der Waals surface area contributed by atoms with Crippen molar-refractivity contribution in [3.63, 3.8) is 0 Å². The second kappa shape index (κ2) is 8.33. The van der Waals surface area contributed by atoms with Crippen molar-refractivity contribution < 1.29 is 9.13 Å². The highest BCUT2D eigenvalue weighted by atomic mass is 19.1. The zero-order chi connectivity index (χ0) is 15.1. The molecule has 1 saturated heterocycles. The summed E-state index contributed by atoms with van der Waals surface area (Å²) in [5.41, 5.74) is 2.45. The molecule has 1 radical (unpaired) electrons. The molecule has 0 saturated carbocycles. The summed E-state index contributed by atoms with van der Waals surface area (Å²) in [5, 5.41) is 0. The molecule has 1 nitrogen and oxygen atoms in total. The molecule has 0 aliphatic carbocycles. The van der Waals surface area contributed by atoms with Crippen molar-refractivity contribution in [3.8, 4) is 0 Å². The van der Waals surface area contributed by atoms with E-state index in [2.05, 4.69) is 19.9 Å². The molecule has 0 N–H and O–H groups in total. The van der Waals surface area contributed by atoms with Crippen molar-refractivity contribution in [2.45, 2.75) is 39.0 Å². The van der Waals surface area contributed by atoms with Crippen LogP contribution in [0, 0.1) is 24.6 Å². The van der Waals surface area contributed by atoms with E-state index >= 15 is 0 Å². The lowest BCUT2D eigenvalue weighted by Gasteiger charge is -2.32. The number of allylic oxidation sites excluding steroid dienone is 2. The average Bonchev–Trinajstić information content (AvgIpc) is 2.53. The van der Waals surface area contributed by atoms with Gasteiger partial charge < -0.3 is 4.74 Å². The van der Waals surface area contributed by atoms with Gasteiger partial charge in [0, 0.05) is 13.2 Å². The third kappa shape index (κ3) is 4.41. The summed E-state index contributed by atoms with van der Waals surface area (Å²) in [6.07, 6.45) is 7.64. The topological polar surface area (TPSA) is 9.23 Å². The standard InChI is InChI=1S/C19H26FO/c1-3-6-18(15-9-11-17(20)12-10-15)19(7-4-2)16-8-5-13-21-14-16/h6,9-12,16,19H,1,3-5,7-8,13-14H2,2H3. The van der Waals surface area contributed by atoms with Crippen molar-refractivity contribution in [1.82, 2.24) is 0 Å². The Morgan fingerprint density at radius 2 is 2.19 bits per heavy atom. The lowest BCUT2D eigenvalue weighted by Crippen LogP contribution is -2.26. The monoisotopic (exact) mass is 289 g/mol. The van der Waals surface area contributed by atoms with Crippen LogP contribution < -0.4 is 0 Å². The summed E-state index contributed by atoms with van der Waals surface area (Å²) >= 11 is 0.